The predicted octanol–water partition coefficient (Wildman–Crippen LogP) is 1.07. The summed E-state index contributed by atoms with van der Waals surface area (Å²) in [5.74, 6) is 0.613. The summed E-state index contributed by atoms with van der Waals surface area (Å²) >= 11 is 0. The van der Waals surface area contributed by atoms with Crippen LogP contribution in [0.2, 0.25) is 0 Å². The summed E-state index contributed by atoms with van der Waals surface area (Å²) < 4.78 is 2.11. The van der Waals surface area contributed by atoms with E-state index >= 15 is 0 Å². The van der Waals surface area contributed by atoms with Gasteiger partial charge in [-0.05, 0) is 18.4 Å². The number of nitrogens with two attached hydrogens (primary N) is 1. The topological polar surface area (TPSA) is 47.1 Å². The van der Waals surface area contributed by atoms with Gasteiger partial charge in [0.25, 0.3) is 0 Å². The second-order valence-corrected chi connectivity index (χ2v) is 4.88. The molecule has 4 nitrogen and oxygen atoms in total. The van der Waals surface area contributed by atoms with Gasteiger partial charge < -0.3 is 5.73 Å². The van der Waals surface area contributed by atoms with E-state index < -0.39 is 0 Å². The molecule has 1 fully saturated rings. The Balaban J connectivity index is 1.96. The molecule has 2 unspecified atom stereocenters. The highest BCUT2D eigenvalue weighted by Gasteiger charge is 2.26. The Hall–Kier alpha value is -0.870. The minimum absolute atomic E-state index is 0.336. The molecule has 1 saturated heterocycles. The second-order valence-electron chi connectivity index (χ2n) is 4.88. The average Bonchev–Trinajstić information content (AvgIpc) is 2.77. The van der Waals surface area contributed by atoms with Crippen LogP contribution in [0.4, 0.5) is 0 Å². The van der Waals surface area contributed by atoms with E-state index in [9.17, 15) is 0 Å². The van der Waals surface area contributed by atoms with Gasteiger partial charge in [-0.1, -0.05) is 13.8 Å². The van der Waals surface area contributed by atoms with E-state index in [1.807, 2.05) is 6.20 Å². The van der Waals surface area contributed by atoms with Gasteiger partial charge in [0.05, 0.1) is 5.69 Å². The molecule has 0 radical (unpaired) electrons. The molecule has 16 heavy (non-hydrogen) atoms. The van der Waals surface area contributed by atoms with Crippen LogP contribution in [0.15, 0.2) is 12.3 Å². The molecular formula is C12H22N4. The molecule has 1 aliphatic rings. The van der Waals surface area contributed by atoms with Crippen molar-refractivity contribution in [1.82, 2.24) is 14.7 Å². The summed E-state index contributed by atoms with van der Waals surface area (Å²) in [7, 11) is 0. The highest BCUT2D eigenvalue weighted by Crippen LogP contribution is 2.17. The molecule has 0 bridgehead atoms. The normalized spacial score (nSPS) is 26.4. The number of nitrogens with zero attached hydrogens (tertiary/aromatic N) is 3. The van der Waals surface area contributed by atoms with Gasteiger partial charge in [0, 0.05) is 38.4 Å². The molecule has 1 aromatic heterocycles. The molecule has 0 aliphatic carbocycles. The molecule has 0 aromatic carbocycles. The van der Waals surface area contributed by atoms with Gasteiger partial charge >= 0.3 is 0 Å². The van der Waals surface area contributed by atoms with E-state index in [2.05, 4.69) is 34.6 Å². The third-order valence-electron chi connectivity index (χ3n) is 3.37. The Bertz CT molecular complexity index is 324. The first-order chi connectivity index (χ1) is 7.70. The van der Waals surface area contributed by atoms with Gasteiger partial charge in [-0.15, -0.1) is 0 Å². The van der Waals surface area contributed by atoms with Crippen molar-refractivity contribution in [3.05, 3.63) is 18.0 Å². The van der Waals surface area contributed by atoms with Crippen molar-refractivity contribution >= 4 is 0 Å². The Morgan fingerprint density at radius 2 is 2.31 bits per heavy atom. The molecule has 0 amide bonds. The first kappa shape index (κ1) is 11.6. The monoisotopic (exact) mass is 222 g/mol. The molecule has 1 aliphatic heterocycles. The molecule has 1 aromatic rings. The SMILES string of the molecule is CCCn1nccc1CN1CC(C)C(N)C1. The molecule has 2 rings (SSSR count). The Kier molecular flexibility index (Phi) is 3.61. The highest BCUT2D eigenvalue weighted by atomic mass is 15.3. The summed E-state index contributed by atoms with van der Waals surface area (Å²) in [5.41, 5.74) is 7.34. The molecule has 2 heterocycles. The lowest BCUT2D eigenvalue weighted by molar-refractivity contribution is 0.306. The summed E-state index contributed by atoms with van der Waals surface area (Å²) in [5, 5.41) is 4.34. The predicted molar refractivity (Wildman–Crippen MR) is 64.9 cm³/mol. The maximum absolute atomic E-state index is 6.03. The quantitative estimate of drug-likeness (QED) is 0.829. The minimum atomic E-state index is 0.336. The summed E-state index contributed by atoms with van der Waals surface area (Å²) in [6.45, 7) is 8.53. The van der Waals surface area contributed by atoms with E-state index in [4.69, 9.17) is 5.73 Å². The molecule has 0 saturated carbocycles. The van der Waals surface area contributed by atoms with Crippen LogP contribution in [0.5, 0.6) is 0 Å². The fourth-order valence-electron chi connectivity index (χ4n) is 2.36. The number of aromatic nitrogens is 2. The molecule has 2 N–H and O–H groups in total. The van der Waals surface area contributed by atoms with Crippen molar-refractivity contribution in [3.8, 4) is 0 Å². The van der Waals surface area contributed by atoms with Crippen molar-refractivity contribution in [2.75, 3.05) is 13.1 Å². The Labute approximate surface area is 97.4 Å². The van der Waals surface area contributed by atoms with Crippen LogP contribution < -0.4 is 5.73 Å². The zero-order valence-corrected chi connectivity index (χ0v) is 10.3. The Morgan fingerprint density at radius 1 is 1.50 bits per heavy atom. The van der Waals surface area contributed by atoms with Crippen molar-refractivity contribution in [2.45, 2.75) is 39.4 Å². The lowest BCUT2D eigenvalue weighted by Gasteiger charge is -2.16. The number of rotatable bonds is 4. The zero-order valence-electron chi connectivity index (χ0n) is 10.3. The standard InChI is InChI=1S/C12H22N4/c1-3-6-16-11(4-5-14-16)8-15-7-10(2)12(13)9-15/h4-5,10,12H,3,6-9,13H2,1-2H3. The molecule has 90 valence electrons. The molecule has 0 spiro atoms. The first-order valence-electron chi connectivity index (χ1n) is 6.19. The lowest BCUT2D eigenvalue weighted by atomic mass is 10.1. The van der Waals surface area contributed by atoms with E-state index in [0.29, 0.717) is 12.0 Å². The Morgan fingerprint density at radius 3 is 2.94 bits per heavy atom. The van der Waals surface area contributed by atoms with Gasteiger partial charge in [-0.3, -0.25) is 9.58 Å². The highest BCUT2D eigenvalue weighted by molar-refractivity contribution is 5.01. The first-order valence-corrected chi connectivity index (χ1v) is 6.19. The zero-order chi connectivity index (χ0) is 11.5. The summed E-state index contributed by atoms with van der Waals surface area (Å²) in [6.07, 6.45) is 3.02. The fraction of sp³-hybridized carbons (Fsp3) is 0.750. The van der Waals surface area contributed by atoms with Crippen LogP contribution in [-0.4, -0.2) is 33.8 Å². The number of hydrogen-bond acceptors (Lipinski definition) is 3. The van der Waals surface area contributed by atoms with E-state index in [0.717, 1.165) is 32.6 Å². The minimum Gasteiger partial charge on any atom is -0.326 e. The van der Waals surface area contributed by atoms with Crippen LogP contribution in [0, 0.1) is 5.92 Å². The number of hydrogen-bond donors (Lipinski definition) is 1. The maximum Gasteiger partial charge on any atom is 0.0524 e. The van der Waals surface area contributed by atoms with E-state index in [1.165, 1.54) is 5.69 Å². The van der Waals surface area contributed by atoms with Crippen LogP contribution in [0.3, 0.4) is 0 Å². The largest absolute Gasteiger partial charge is 0.326 e. The van der Waals surface area contributed by atoms with Crippen molar-refractivity contribution in [3.63, 3.8) is 0 Å². The fourth-order valence-corrected chi connectivity index (χ4v) is 2.36. The van der Waals surface area contributed by atoms with Crippen LogP contribution in [0.25, 0.3) is 0 Å². The van der Waals surface area contributed by atoms with Gasteiger partial charge in [0.15, 0.2) is 0 Å². The van der Waals surface area contributed by atoms with Gasteiger partial charge in [0.2, 0.25) is 0 Å². The molecular weight excluding hydrogens is 200 g/mol. The third kappa shape index (κ3) is 2.44. The molecule has 4 heteroatoms. The van der Waals surface area contributed by atoms with Gasteiger partial charge in [0.1, 0.15) is 0 Å². The third-order valence-corrected chi connectivity index (χ3v) is 3.37. The van der Waals surface area contributed by atoms with E-state index in [-0.39, 0.29) is 0 Å². The van der Waals surface area contributed by atoms with Crippen molar-refractivity contribution in [2.24, 2.45) is 11.7 Å². The van der Waals surface area contributed by atoms with Gasteiger partial charge in [-0.25, -0.2) is 0 Å². The maximum atomic E-state index is 6.03. The summed E-state index contributed by atoms with van der Waals surface area (Å²) in [6, 6.07) is 2.45. The second kappa shape index (κ2) is 4.97. The smallest absolute Gasteiger partial charge is 0.0524 e. The number of likely N-dealkylation sites (tertiary alicyclic amines) is 1. The van der Waals surface area contributed by atoms with Crippen LogP contribution in [0.1, 0.15) is 26.0 Å². The number of aryl methyl sites for hydroxylation is 1. The molecule has 2 atom stereocenters. The summed E-state index contributed by atoms with van der Waals surface area (Å²) in [4.78, 5) is 2.43. The van der Waals surface area contributed by atoms with Crippen LogP contribution in [-0.2, 0) is 13.1 Å². The van der Waals surface area contributed by atoms with E-state index in [1.54, 1.807) is 0 Å². The average molecular weight is 222 g/mol. The van der Waals surface area contributed by atoms with Gasteiger partial charge in [-0.2, -0.15) is 5.10 Å². The lowest BCUT2D eigenvalue weighted by Crippen LogP contribution is -2.28. The van der Waals surface area contributed by atoms with Crippen molar-refractivity contribution < 1.29 is 0 Å². The van der Waals surface area contributed by atoms with Crippen molar-refractivity contribution in [1.29, 1.82) is 0 Å². The van der Waals surface area contributed by atoms with Crippen LogP contribution >= 0.6 is 0 Å².